The van der Waals surface area contributed by atoms with Gasteiger partial charge >= 0.3 is 0 Å². The van der Waals surface area contributed by atoms with E-state index in [1.807, 2.05) is 6.92 Å². The Balaban J connectivity index is 1.78. The van der Waals surface area contributed by atoms with E-state index in [0.717, 1.165) is 16.7 Å². The Labute approximate surface area is 193 Å². The Kier molecular flexibility index (Phi) is 8.01. The van der Waals surface area contributed by atoms with E-state index < -0.39 is 11.1 Å². The van der Waals surface area contributed by atoms with E-state index in [-0.39, 0.29) is 24.0 Å². The van der Waals surface area contributed by atoms with Crippen LogP contribution in [0.3, 0.4) is 0 Å². The highest BCUT2D eigenvalue weighted by atomic mass is 79.9. The highest BCUT2D eigenvalue weighted by Gasteiger charge is 2.37. The number of thioether (sulfide) groups is 1. The van der Waals surface area contributed by atoms with Crippen LogP contribution in [0.5, 0.6) is 11.5 Å². The van der Waals surface area contributed by atoms with Crippen LogP contribution in [0.4, 0.5) is 4.79 Å². The van der Waals surface area contributed by atoms with Crippen LogP contribution in [0.2, 0.25) is 0 Å². The number of amides is 3. The standard InChI is InChI=1S/C21H21BrN2O6S/c1-3-7-30-19-15(22)10-14(11-16(19)29-4-2)12-17-20(26)24(21(27)31-17)13-18(25)23-5-8-28-9-6-23/h1,10-12H,4-9,13H2,2H3/b17-12-. The van der Waals surface area contributed by atoms with Gasteiger partial charge in [0.1, 0.15) is 13.2 Å². The Bertz CT molecular complexity index is 952. The lowest BCUT2D eigenvalue weighted by atomic mass is 10.2. The van der Waals surface area contributed by atoms with Gasteiger partial charge in [-0.2, -0.15) is 0 Å². The zero-order valence-electron chi connectivity index (χ0n) is 16.9. The third kappa shape index (κ3) is 5.61. The summed E-state index contributed by atoms with van der Waals surface area (Å²) < 4.78 is 17.0. The first-order valence-electron chi connectivity index (χ1n) is 9.58. The molecule has 31 heavy (non-hydrogen) atoms. The summed E-state index contributed by atoms with van der Waals surface area (Å²) >= 11 is 4.23. The lowest BCUT2D eigenvalue weighted by Crippen LogP contribution is -2.46. The van der Waals surface area contributed by atoms with E-state index in [9.17, 15) is 14.4 Å². The molecule has 2 heterocycles. The first-order chi connectivity index (χ1) is 14.9. The fourth-order valence-corrected chi connectivity index (χ4v) is 4.44. The number of terminal acetylenes is 1. The second-order valence-corrected chi connectivity index (χ2v) is 8.36. The van der Waals surface area contributed by atoms with Crippen molar-refractivity contribution in [2.75, 3.05) is 46.1 Å². The maximum absolute atomic E-state index is 12.8. The summed E-state index contributed by atoms with van der Waals surface area (Å²) in [7, 11) is 0. The largest absolute Gasteiger partial charge is 0.490 e. The summed E-state index contributed by atoms with van der Waals surface area (Å²) in [6.45, 7) is 3.84. The van der Waals surface area contributed by atoms with E-state index in [0.29, 0.717) is 54.4 Å². The summed E-state index contributed by atoms with van der Waals surface area (Å²) in [5, 5.41) is -0.476. The third-order valence-electron chi connectivity index (χ3n) is 4.46. The minimum atomic E-state index is -0.502. The van der Waals surface area contributed by atoms with Gasteiger partial charge in [-0.05, 0) is 58.4 Å². The van der Waals surface area contributed by atoms with Gasteiger partial charge in [-0.25, -0.2) is 0 Å². The number of hydrogen-bond acceptors (Lipinski definition) is 7. The Morgan fingerprint density at radius 3 is 2.74 bits per heavy atom. The third-order valence-corrected chi connectivity index (χ3v) is 5.96. The van der Waals surface area contributed by atoms with Gasteiger partial charge in [-0.1, -0.05) is 5.92 Å². The van der Waals surface area contributed by atoms with E-state index in [1.165, 1.54) is 0 Å². The first-order valence-corrected chi connectivity index (χ1v) is 11.2. The van der Waals surface area contributed by atoms with Crippen molar-refractivity contribution in [3.05, 3.63) is 27.1 Å². The normalized spacial score (nSPS) is 17.8. The molecule has 0 saturated carbocycles. The molecule has 0 atom stereocenters. The van der Waals surface area contributed by atoms with Crippen molar-refractivity contribution in [3.8, 4) is 23.8 Å². The van der Waals surface area contributed by atoms with Crippen LogP contribution in [0.1, 0.15) is 12.5 Å². The quantitative estimate of drug-likeness (QED) is 0.413. The monoisotopic (exact) mass is 508 g/mol. The van der Waals surface area contributed by atoms with Gasteiger partial charge in [0.2, 0.25) is 5.91 Å². The molecular weight excluding hydrogens is 488 g/mol. The predicted octanol–water partition coefficient (Wildman–Crippen LogP) is 2.75. The maximum Gasteiger partial charge on any atom is 0.294 e. The minimum absolute atomic E-state index is 0.0775. The number of ether oxygens (including phenoxy) is 3. The van der Waals surface area contributed by atoms with Crippen LogP contribution >= 0.6 is 27.7 Å². The molecule has 2 saturated heterocycles. The molecule has 2 fully saturated rings. The Morgan fingerprint density at radius 2 is 2.06 bits per heavy atom. The molecule has 1 aromatic rings. The summed E-state index contributed by atoms with van der Waals surface area (Å²) in [5.74, 6) is 2.54. The van der Waals surface area contributed by atoms with Gasteiger partial charge < -0.3 is 19.1 Å². The number of carbonyl (C=O) groups is 3. The predicted molar refractivity (Wildman–Crippen MR) is 120 cm³/mol. The van der Waals surface area contributed by atoms with Crippen LogP contribution in [-0.2, 0) is 14.3 Å². The zero-order valence-corrected chi connectivity index (χ0v) is 19.3. The lowest BCUT2D eigenvalue weighted by Gasteiger charge is -2.28. The SMILES string of the molecule is C#CCOc1c(Br)cc(/C=C2\SC(=O)N(CC(=O)N3CCOCC3)C2=O)cc1OCC. The van der Waals surface area contributed by atoms with E-state index in [1.54, 1.807) is 23.1 Å². The first kappa shape index (κ1) is 23.2. The summed E-state index contributed by atoms with van der Waals surface area (Å²) in [6, 6.07) is 3.44. The molecule has 2 aliphatic rings. The summed E-state index contributed by atoms with van der Waals surface area (Å²) in [5.41, 5.74) is 0.633. The van der Waals surface area contributed by atoms with Crippen molar-refractivity contribution >= 4 is 50.8 Å². The molecule has 0 aliphatic carbocycles. The summed E-state index contributed by atoms with van der Waals surface area (Å²) in [4.78, 5) is 40.4. The van der Waals surface area contributed by atoms with Gasteiger partial charge in [0.15, 0.2) is 11.5 Å². The van der Waals surface area contributed by atoms with Crippen LogP contribution in [0.25, 0.3) is 6.08 Å². The molecule has 0 N–H and O–H groups in total. The lowest BCUT2D eigenvalue weighted by molar-refractivity contribution is -0.139. The molecule has 2 aliphatic heterocycles. The van der Waals surface area contributed by atoms with Gasteiger partial charge in [-0.15, -0.1) is 6.42 Å². The van der Waals surface area contributed by atoms with E-state index in [4.69, 9.17) is 20.6 Å². The van der Waals surface area contributed by atoms with Crippen molar-refractivity contribution in [2.24, 2.45) is 0 Å². The number of nitrogens with zero attached hydrogens (tertiary/aromatic N) is 2. The average Bonchev–Trinajstić information content (AvgIpc) is 3.01. The van der Waals surface area contributed by atoms with Crippen molar-refractivity contribution in [1.29, 1.82) is 0 Å². The van der Waals surface area contributed by atoms with Crippen molar-refractivity contribution < 1.29 is 28.6 Å². The zero-order chi connectivity index (χ0) is 22.4. The van der Waals surface area contributed by atoms with Crippen LogP contribution in [-0.4, -0.2) is 72.9 Å². The number of morpholine rings is 1. The molecule has 1 aromatic carbocycles. The topological polar surface area (TPSA) is 85.4 Å². The smallest absolute Gasteiger partial charge is 0.294 e. The van der Waals surface area contributed by atoms with Gasteiger partial charge in [0.25, 0.3) is 11.1 Å². The molecule has 0 aromatic heterocycles. The molecule has 8 nitrogen and oxygen atoms in total. The highest BCUT2D eigenvalue weighted by molar-refractivity contribution is 9.10. The molecule has 0 unspecified atom stereocenters. The average molecular weight is 509 g/mol. The molecule has 0 radical (unpaired) electrons. The fourth-order valence-electron chi connectivity index (χ4n) is 3.02. The number of rotatable bonds is 7. The van der Waals surface area contributed by atoms with Crippen molar-refractivity contribution in [2.45, 2.75) is 6.92 Å². The second-order valence-electron chi connectivity index (χ2n) is 6.52. The van der Waals surface area contributed by atoms with E-state index in [2.05, 4.69) is 21.9 Å². The van der Waals surface area contributed by atoms with Crippen molar-refractivity contribution in [3.63, 3.8) is 0 Å². The van der Waals surface area contributed by atoms with Crippen LogP contribution in [0.15, 0.2) is 21.5 Å². The van der Waals surface area contributed by atoms with Gasteiger partial charge in [0.05, 0.1) is 29.2 Å². The second kappa shape index (κ2) is 10.7. The van der Waals surface area contributed by atoms with Crippen LogP contribution < -0.4 is 9.47 Å². The molecule has 3 rings (SSSR count). The Hall–Kier alpha value is -2.48. The van der Waals surface area contributed by atoms with Crippen LogP contribution in [0, 0.1) is 12.3 Å². The number of carbonyl (C=O) groups excluding carboxylic acids is 3. The summed E-state index contributed by atoms with van der Waals surface area (Å²) in [6.07, 6.45) is 6.85. The molecular formula is C21H21BrN2O6S. The number of hydrogen-bond donors (Lipinski definition) is 0. The fraction of sp³-hybridized carbons (Fsp3) is 0.381. The molecule has 0 bridgehead atoms. The molecule has 10 heteroatoms. The maximum atomic E-state index is 12.8. The Morgan fingerprint density at radius 1 is 1.32 bits per heavy atom. The minimum Gasteiger partial charge on any atom is -0.490 e. The number of benzene rings is 1. The highest BCUT2D eigenvalue weighted by Crippen LogP contribution is 2.39. The molecule has 164 valence electrons. The molecule has 3 amide bonds. The van der Waals surface area contributed by atoms with Gasteiger partial charge in [-0.3, -0.25) is 19.3 Å². The number of halogens is 1. The van der Waals surface area contributed by atoms with E-state index >= 15 is 0 Å². The number of imide groups is 1. The molecule has 0 spiro atoms. The van der Waals surface area contributed by atoms with Gasteiger partial charge in [0, 0.05) is 13.1 Å². The van der Waals surface area contributed by atoms with Crippen molar-refractivity contribution in [1.82, 2.24) is 9.80 Å².